The van der Waals surface area contributed by atoms with Gasteiger partial charge in [0.15, 0.2) is 0 Å². The highest BCUT2D eigenvalue weighted by atomic mass is 32.1. The molecule has 18 heavy (non-hydrogen) atoms. The van der Waals surface area contributed by atoms with Crippen LogP contribution in [0.15, 0.2) is 24.3 Å². The molecule has 1 heterocycles. The van der Waals surface area contributed by atoms with Gasteiger partial charge in [-0.15, -0.1) is 21.5 Å². The molecule has 0 aliphatic heterocycles. The van der Waals surface area contributed by atoms with Crippen LogP contribution in [0, 0.1) is 0 Å². The summed E-state index contributed by atoms with van der Waals surface area (Å²) >= 11 is 1.76. The Hall–Kier alpha value is -1.26. The van der Waals surface area contributed by atoms with Crippen LogP contribution < -0.4 is 5.73 Å². The van der Waals surface area contributed by atoms with E-state index >= 15 is 0 Å². The van der Waals surface area contributed by atoms with Crippen LogP contribution in [0.2, 0.25) is 0 Å². The molecule has 0 amide bonds. The first-order valence-electron chi connectivity index (χ1n) is 6.46. The number of benzene rings is 1. The molecule has 0 spiro atoms. The molecule has 0 bridgehead atoms. The van der Waals surface area contributed by atoms with Crippen LogP contribution in [0.25, 0.3) is 0 Å². The minimum absolute atomic E-state index is 0.534. The van der Waals surface area contributed by atoms with Gasteiger partial charge in [-0.05, 0) is 36.9 Å². The summed E-state index contributed by atoms with van der Waals surface area (Å²) < 4.78 is 0. The lowest BCUT2D eigenvalue weighted by atomic mass is 10.1. The predicted octanol–water partition coefficient (Wildman–Crippen LogP) is 2.31. The monoisotopic (exact) mass is 259 g/mol. The van der Waals surface area contributed by atoms with E-state index in [1.54, 1.807) is 11.3 Å². The fourth-order valence-electron chi connectivity index (χ4n) is 2.52. The predicted molar refractivity (Wildman–Crippen MR) is 73.9 cm³/mol. The first-order valence-corrected chi connectivity index (χ1v) is 7.27. The maximum Gasteiger partial charge on any atom is 0.121 e. The zero-order valence-electron chi connectivity index (χ0n) is 10.3. The average molecular weight is 259 g/mol. The van der Waals surface area contributed by atoms with Crippen molar-refractivity contribution in [3.63, 3.8) is 0 Å². The molecule has 2 N–H and O–H groups in total. The summed E-state index contributed by atoms with van der Waals surface area (Å²) in [5.41, 5.74) is 8.47. The van der Waals surface area contributed by atoms with Crippen LogP contribution in [0.1, 0.15) is 33.5 Å². The molecule has 0 saturated heterocycles. The van der Waals surface area contributed by atoms with Gasteiger partial charge in [-0.2, -0.15) is 0 Å². The van der Waals surface area contributed by atoms with E-state index in [0.29, 0.717) is 5.92 Å². The van der Waals surface area contributed by atoms with Crippen LogP contribution in [0.4, 0.5) is 0 Å². The molecule has 3 nitrogen and oxygen atoms in total. The molecule has 2 aromatic rings. The highest BCUT2D eigenvalue weighted by Gasteiger charge is 2.25. The summed E-state index contributed by atoms with van der Waals surface area (Å²) in [6, 6.07) is 8.69. The summed E-state index contributed by atoms with van der Waals surface area (Å²) in [6.07, 6.45) is 4.19. The van der Waals surface area contributed by atoms with E-state index in [1.807, 2.05) is 0 Å². The Bertz CT molecular complexity index is 510. The second-order valence-electron chi connectivity index (χ2n) is 4.80. The lowest BCUT2D eigenvalue weighted by Gasteiger charge is -2.01. The zero-order valence-corrected chi connectivity index (χ0v) is 11.1. The molecule has 0 fully saturated rings. The Morgan fingerprint density at radius 3 is 2.56 bits per heavy atom. The Kier molecular flexibility index (Phi) is 3.39. The standard InChI is InChI=1S/C14H17N3S/c15-7-3-6-13-16-17-14(18-13)12-8-10-4-1-2-5-11(10)9-12/h1-2,4-5,12H,3,6-9,15H2. The second-order valence-corrected chi connectivity index (χ2v) is 5.89. The fraction of sp³-hybridized carbons (Fsp3) is 0.429. The molecular formula is C14H17N3S. The Morgan fingerprint density at radius 1 is 1.17 bits per heavy atom. The normalized spacial score (nSPS) is 14.9. The van der Waals surface area contributed by atoms with Crippen LogP contribution in [-0.2, 0) is 19.3 Å². The fourth-order valence-corrected chi connectivity index (χ4v) is 3.50. The van der Waals surface area contributed by atoms with E-state index < -0.39 is 0 Å². The number of nitrogens with zero attached hydrogens (tertiary/aromatic N) is 2. The number of fused-ring (bicyclic) bond motifs is 1. The summed E-state index contributed by atoms with van der Waals surface area (Å²) in [5, 5.41) is 11.0. The van der Waals surface area contributed by atoms with E-state index in [2.05, 4.69) is 34.5 Å². The topological polar surface area (TPSA) is 51.8 Å². The number of rotatable bonds is 4. The Labute approximate surface area is 111 Å². The van der Waals surface area contributed by atoms with Crippen molar-refractivity contribution in [1.82, 2.24) is 10.2 Å². The van der Waals surface area contributed by atoms with E-state index in [9.17, 15) is 0 Å². The van der Waals surface area contributed by atoms with Crippen LogP contribution >= 0.6 is 11.3 Å². The zero-order chi connectivity index (χ0) is 12.4. The maximum absolute atomic E-state index is 5.52. The quantitative estimate of drug-likeness (QED) is 0.916. The van der Waals surface area contributed by atoms with Gasteiger partial charge in [-0.3, -0.25) is 0 Å². The van der Waals surface area contributed by atoms with Gasteiger partial charge >= 0.3 is 0 Å². The SMILES string of the molecule is NCCCc1nnc(C2Cc3ccccc3C2)s1. The highest BCUT2D eigenvalue weighted by molar-refractivity contribution is 7.11. The molecule has 0 radical (unpaired) electrons. The molecule has 0 atom stereocenters. The average Bonchev–Trinajstić information content (AvgIpc) is 3.02. The first-order chi connectivity index (χ1) is 8.86. The van der Waals surface area contributed by atoms with Gasteiger partial charge in [0.1, 0.15) is 10.0 Å². The highest BCUT2D eigenvalue weighted by Crippen LogP contribution is 2.35. The molecule has 94 valence electrons. The smallest absolute Gasteiger partial charge is 0.121 e. The van der Waals surface area contributed by atoms with Gasteiger partial charge in [0.05, 0.1) is 0 Å². The van der Waals surface area contributed by atoms with E-state index in [0.717, 1.165) is 37.2 Å². The first kappa shape index (κ1) is 11.8. The van der Waals surface area contributed by atoms with Gasteiger partial charge in [-0.1, -0.05) is 24.3 Å². The van der Waals surface area contributed by atoms with Gasteiger partial charge in [-0.25, -0.2) is 0 Å². The summed E-state index contributed by atoms with van der Waals surface area (Å²) in [6.45, 7) is 0.726. The summed E-state index contributed by atoms with van der Waals surface area (Å²) in [5.74, 6) is 0.534. The third-order valence-corrected chi connectivity index (χ3v) is 4.62. The molecule has 4 heteroatoms. The number of hydrogen-bond donors (Lipinski definition) is 1. The van der Waals surface area contributed by atoms with Gasteiger partial charge in [0.2, 0.25) is 0 Å². The van der Waals surface area contributed by atoms with Gasteiger partial charge in [0, 0.05) is 12.3 Å². The van der Waals surface area contributed by atoms with Crippen molar-refractivity contribution < 1.29 is 0 Å². The molecule has 0 unspecified atom stereocenters. The molecule has 1 aliphatic carbocycles. The largest absolute Gasteiger partial charge is 0.330 e. The van der Waals surface area contributed by atoms with Gasteiger partial charge in [0.25, 0.3) is 0 Å². The number of nitrogens with two attached hydrogens (primary N) is 1. The van der Waals surface area contributed by atoms with E-state index in [4.69, 9.17) is 5.73 Å². The van der Waals surface area contributed by atoms with Crippen molar-refractivity contribution in [2.75, 3.05) is 6.54 Å². The second kappa shape index (κ2) is 5.16. The van der Waals surface area contributed by atoms with Crippen molar-refractivity contribution >= 4 is 11.3 Å². The molecule has 3 rings (SSSR count). The molecule has 1 aliphatic rings. The van der Waals surface area contributed by atoms with E-state index in [-0.39, 0.29) is 0 Å². The number of aromatic nitrogens is 2. The van der Waals surface area contributed by atoms with Crippen molar-refractivity contribution in [2.24, 2.45) is 5.73 Å². The lowest BCUT2D eigenvalue weighted by molar-refractivity contribution is 0.717. The molecule has 1 aromatic carbocycles. The third kappa shape index (κ3) is 2.31. The van der Waals surface area contributed by atoms with Crippen LogP contribution in [0.3, 0.4) is 0 Å². The van der Waals surface area contributed by atoms with Crippen LogP contribution in [-0.4, -0.2) is 16.7 Å². The minimum Gasteiger partial charge on any atom is -0.330 e. The van der Waals surface area contributed by atoms with Gasteiger partial charge < -0.3 is 5.73 Å². The summed E-state index contributed by atoms with van der Waals surface area (Å²) in [4.78, 5) is 0. The van der Waals surface area contributed by atoms with E-state index in [1.165, 1.54) is 16.1 Å². The number of aryl methyl sites for hydroxylation is 1. The Morgan fingerprint density at radius 2 is 1.89 bits per heavy atom. The minimum atomic E-state index is 0.534. The molecule has 0 saturated carbocycles. The lowest BCUT2D eigenvalue weighted by Crippen LogP contribution is -1.99. The van der Waals surface area contributed by atoms with Crippen molar-refractivity contribution in [1.29, 1.82) is 0 Å². The molecule has 1 aromatic heterocycles. The van der Waals surface area contributed by atoms with Crippen molar-refractivity contribution in [2.45, 2.75) is 31.6 Å². The Balaban J connectivity index is 1.72. The third-order valence-electron chi connectivity index (χ3n) is 3.48. The molecular weight excluding hydrogens is 242 g/mol. The van der Waals surface area contributed by atoms with Crippen molar-refractivity contribution in [3.8, 4) is 0 Å². The maximum atomic E-state index is 5.52. The summed E-state index contributed by atoms with van der Waals surface area (Å²) in [7, 11) is 0. The van der Waals surface area contributed by atoms with Crippen LogP contribution in [0.5, 0.6) is 0 Å². The van der Waals surface area contributed by atoms with Crippen molar-refractivity contribution in [3.05, 3.63) is 45.4 Å². The number of hydrogen-bond acceptors (Lipinski definition) is 4.